The van der Waals surface area contributed by atoms with E-state index in [4.69, 9.17) is 13.9 Å². The molecule has 0 saturated heterocycles. The lowest BCUT2D eigenvalue weighted by Gasteiger charge is -2.09. The largest absolute Gasteiger partial charge is 0.497 e. The summed E-state index contributed by atoms with van der Waals surface area (Å²) in [4.78, 5) is 12.2. The fourth-order valence-electron chi connectivity index (χ4n) is 2.24. The summed E-state index contributed by atoms with van der Waals surface area (Å²) in [6.45, 7) is 6.33. The van der Waals surface area contributed by atoms with Crippen molar-refractivity contribution in [3.8, 4) is 11.5 Å². The van der Waals surface area contributed by atoms with Gasteiger partial charge in [-0.3, -0.25) is 4.79 Å². The van der Waals surface area contributed by atoms with Gasteiger partial charge in [0.05, 0.1) is 19.2 Å². The van der Waals surface area contributed by atoms with Crippen molar-refractivity contribution in [3.63, 3.8) is 0 Å². The lowest BCUT2D eigenvalue weighted by atomic mass is 10.1. The van der Waals surface area contributed by atoms with E-state index in [1.165, 1.54) is 0 Å². The zero-order chi connectivity index (χ0) is 16.1. The number of furan rings is 1. The maximum Gasteiger partial charge on any atom is 0.255 e. The van der Waals surface area contributed by atoms with Crippen LogP contribution in [0.1, 0.15) is 27.4 Å². The van der Waals surface area contributed by atoms with Crippen LogP contribution in [0.2, 0.25) is 0 Å². The number of benzene rings is 1. The third-order valence-electron chi connectivity index (χ3n) is 3.49. The number of rotatable bonds is 6. The van der Waals surface area contributed by atoms with E-state index in [2.05, 4.69) is 5.32 Å². The highest BCUT2D eigenvalue weighted by atomic mass is 16.5. The van der Waals surface area contributed by atoms with E-state index in [1.54, 1.807) is 20.1 Å². The van der Waals surface area contributed by atoms with Gasteiger partial charge in [0.15, 0.2) is 0 Å². The van der Waals surface area contributed by atoms with E-state index >= 15 is 0 Å². The molecule has 0 aliphatic heterocycles. The van der Waals surface area contributed by atoms with Gasteiger partial charge < -0.3 is 19.2 Å². The molecule has 0 bridgehead atoms. The van der Waals surface area contributed by atoms with Crippen LogP contribution in [0.15, 0.2) is 28.7 Å². The van der Waals surface area contributed by atoms with Crippen molar-refractivity contribution in [3.05, 3.63) is 46.9 Å². The molecule has 2 aromatic rings. The van der Waals surface area contributed by atoms with Gasteiger partial charge >= 0.3 is 0 Å². The average Bonchev–Trinajstić information content (AvgIpc) is 2.76. The summed E-state index contributed by atoms with van der Waals surface area (Å²) in [5, 5.41) is 2.84. The summed E-state index contributed by atoms with van der Waals surface area (Å²) in [5.74, 6) is 2.72. The number of aryl methyl sites for hydroxylation is 2. The molecule has 5 nitrogen and oxygen atoms in total. The molecule has 0 unspecified atom stereocenters. The van der Waals surface area contributed by atoms with Crippen LogP contribution in [0.25, 0.3) is 0 Å². The van der Waals surface area contributed by atoms with Gasteiger partial charge in [0.25, 0.3) is 5.91 Å². The van der Waals surface area contributed by atoms with Crippen LogP contribution in [0, 0.1) is 20.8 Å². The Hall–Kier alpha value is -2.43. The Morgan fingerprint density at radius 3 is 2.55 bits per heavy atom. The van der Waals surface area contributed by atoms with Crippen LogP contribution in [0.4, 0.5) is 0 Å². The minimum atomic E-state index is -0.138. The molecule has 0 fully saturated rings. The molecule has 0 saturated carbocycles. The second-order valence-electron chi connectivity index (χ2n) is 5.00. The molecular formula is C17H21NO4. The van der Waals surface area contributed by atoms with Gasteiger partial charge in [-0.1, -0.05) is 6.07 Å². The number of amides is 1. The Bertz CT molecular complexity index is 661. The number of carbonyl (C=O) groups is 1. The average molecular weight is 303 g/mol. The first-order valence-electron chi connectivity index (χ1n) is 7.14. The van der Waals surface area contributed by atoms with Gasteiger partial charge in [-0.05, 0) is 32.9 Å². The van der Waals surface area contributed by atoms with Crippen LogP contribution < -0.4 is 14.8 Å². The van der Waals surface area contributed by atoms with Gasteiger partial charge in [-0.15, -0.1) is 0 Å². The van der Waals surface area contributed by atoms with E-state index in [0.717, 1.165) is 17.1 Å². The molecule has 0 atom stereocenters. The first-order valence-corrected chi connectivity index (χ1v) is 7.14. The highest BCUT2D eigenvalue weighted by Gasteiger charge is 2.17. The standard InChI is InChI=1S/C17H21NO4/c1-11-12(2)22-13(3)16(11)17(19)18-8-9-21-15-7-5-6-14(10-15)20-4/h5-7,10H,8-9H2,1-4H3,(H,18,19). The van der Waals surface area contributed by atoms with Crippen LogP contribution in [-0.2, 0) is 0 Å². The third-order valence-corrected chi connectivity index (χ3v) is 3.49. The lowest BCUT2D eigenvalue weighted by molar-refractivity contribution is 0.0945. The number of hydrogen-bond donors (Lipinski definition) is 1. The Balaban J connectivity index is 1.84. The summed E-state index contributed by atoms with van der Waals surface area (Å²) in [7, 11) is 1.61. The minimum absolute atomic E-state index is 0.138. The molecule has 0 spiro atoms. The molecule has 1 heterocycles. The fourth-order valence-corrected chi connectivity index (χ4v) is 2.24. The molecule has 118 valence electrons. The van der Waals surface area contributed by atoms with Crippen molar-refractivity contribution in [1.29, 1.82) is 0 Å². The molecule has 0 aliphatic rings. The Kier molecular flexibility index (Phi) is 5.09. The summed E-state index contributed by atoms with van der Waals surface area (Å²) in [6.07, 6.45) is 0. The maximum absolute atomic E-state index is 12.2. The monoisotopic (exact) mass is 303 g/mol. The second kappa shape index (κ2) is 7.02. The minimum Gasteiger partial charge on any atom is -0.497 e. The summed E-state index contributed by atoms with van der Waals surface area (Å²) in [6, 6.07) is 7.35. The van der Waals surface area contributed by atoms with E-state index in [0.29, 0.717) is 30.2 Å². The van der Waals surface area contributed by atoms with E-state index in [-0.39, 0.29) is 5.91 Å². The van der Waals surface area contributed by atoms with Gasteiger partial charge in [-0.25, -0.2) is 0 Å². The van der Waals surface area contributed by atoms with Gasteiger partial charge in [0, 0.05) is 11.6 Å². The number of hydrogen-bond acceptors (Lipinski definition) is 4. The highest BCUT2D eigenvalue weighted by molar-refractivity contribution is 5.96. The normalized spacial score (nSPS) is 10.4. The van der Waals surface area contributed by atoms with E-state index in [9.17, 15) is 4.79 Å². The number of ether oxygens (including phenoxy) is 2. The quantitative estimate of drug-likeness (QED) is 0.833. The smallest absolute Gasteiger partial charge is 0.255 e. The predicted molar refractivity (Wildman–Crippen MR) is 83.7 cm³/mol. The topological polar surface area (TPSA) is 60.7 Å². The molecule has 1 N–H and O–H groups in total. The van der Waals surface area contributed by atoms with Crippen LogP contribution in [0.5, 0.6) is 11.5 Å². The molecule has 0 radical (unpaired) electrons. The Morgan fingerprint density at radius 1 is 1.18 bits per heavy atom. The zero-order valence-electron chi connectivity index (χ0n) is 13.4. The Labute approximate surface area is 130 Å². The molecule has 22 heavy (non-hydrogen) atoms. The summed E-state index contributed by atoms with van der Waals surface area (Å²) < 4.78 is 16.2. The molecular weight excluding hydrogens is 282 g/mol. The maximum atomic E-state index is 12.2. The SMILES string of the molecule is COc1cccc(OCCNC(=O)c2c(C)oc(C)c2C)c1. The van der Waals surface area contributed by atoms with Crippen molar-refractivity contribution in [2.45, 2.75) is 20.8 Å². The predicted octanol–water partition coefficient (Wildman–Crippen LogP) is 3.02. The van der Waals surface area contributed by atoms with Crippen molar-refractivity contribution in [2.24, 2.45) is 0 Å². The van der Waals surface area contributed by atoms with Crippen LogP contribution >= 0.6 is 0 Å². The second-order valence-corrected chi connectivity index (χ2v) is 5.00. The van der Waals surface area contributed by atoms with Crippen LogP contribution in [-0.4, -0.2) is 26.2 Å². The van der Waals surface area contributed by atoms with Gasteiger partial charge in [0.1, 0.15) is 29.6 Å². The number of methoxy groups -OCH3 is 1. The molecule has 5 heteroatoms. The molecule has 1 aromatic carbocycles. The van der Waals surface area contributed by atoms with Crippen molar-refractivity contribution >= 4 is 5.91 Å². The molecule has 1 aromatic heterocycles. The molecule has 1 amide bonds. The summed E-state index contributed by atoms with van der Waals surface area (Å²) in [5.41, 5.74) is 1.49. The third kappa shape index (κ3) is 3.61. The van der Waals surface area contributed by atoms with Crippen molar-refractivity contribution in [2.75, 3.05) is 20.3 Å². The van der Waals surface area contributed by atoms with Gasteiger partial charge in [0.2, 0.25) is 0 Å². The van der Waals surface area contributed by atoms with Crippen molar-refractivity contribution < 1.29 is 18.7 Å². The zero-order valence-corrected chi connectivity index (χ0v) is 13.4. The number of carbonyl (C=O) groups excluding carboxylic acids is 1. The fraction of sp³-hybridized carbons (Fsp3) is 0.353. The lowest BCUT2D eigenvalue weighted by Crippen LogP contribution is -2.28. The first-order chi connectivity index (χ1) is 10.5. The van der Waals surface area contributed by atoms with E-state index in [1.807, 2.05) is 32.0 Å². The first kappa shape index (κ1) is 15.9. The highest BCUT2D eigenvalue weighted by Crippen LogP contribution is 2.20. The summed E-state index contributed by atoms with van der Waals surface area (Å²) >= 11 is 0. The molecule has 2 rings (SSSR count). The van der Waals surface area contributed by atoms with Crippen molar-refractivity contribution in [1.82, 2.24) is 5.32 Å². The van der Waals surface area contributed by atoms with E-state index < -0.39 is 0 Å². The molecule has 0 aliphatic carbocycles. The van der Waals surface area contributed by atoms with Gasteiger partial charge in [-0.2, -0.15) is 0 Å². The Morgan fingerprint density at radius 2 is 1.91 bits per heavy atom. The van der Waals surface area contributed by atoms with Crippen LogP contribution in [0.3, 0.4) is 0 Å². The number of nitrogens with one attached hydrogen (secondary N) is 1.